The highest BCUT2D eigenvalue weighted by atomic mass is 16.5. The van der Waals surface area contributed by atoms with E-state index in [0.29, 0.717) is 12.6 Å². The Bertz CT molecular complexity index is 412. The van der Waals surface area contributed by atoms with Crippen molar-refractivity contribution in [2.45, 2.75) is 38.3 Å². The van der Waals surface area contributed by atoms with Crippen LogP contribution < -0.4 is 10.1 Å². The van der Waals surface area contributed by atoms with Gasteiger partial charge in [-0.1, -0.05) is 19.1 Å². The number of rotatable bonds is 7. The molecule has 2 rings (SSSR count). The molecule has 0 radical (unpaired) electrons. The smallest absolute Gasteiger partial charge is 0.326 e. The Morgan fingerprint density at radius 3 is 2.58 bits per heavy atom. The molecular formula is C15H21NO3. The standard InChI is InChI=1S/C15H21NO3/c1-3-11-4-8-13(9-5-11)19-10-14(15(17)18-2)16-12-6-7-12/h4-5,8-9,12,14,16H,3,6-7,10H2,1-2H3. The summed E-state index contributed by atoms with van der Waals surface area (Å²) in [4.78, 5) is 11.6. The fraction of sp³-hybridized carbons (Fsp3) is 0.533. The summed E-state index contributed by atoms with van der Waals surface area (Å²) in [5.41, 5.74) is 1.27. The van der Waals surface area contributed by atoms with E-state index in [9.17, 15) is 4.79 Å². The Morgan fingerprint density at radius 2 is 2.05 bits per heavy atom. The Balaban J connectivity index is 1.87. The molecule has 1 atom stereocenters. The Morgan fingerprint density at radius 1 is 1.37 bits per heavy atom. The topological polar surface area (TPSA) is 47.6 Å². The quantitative estimate of drug-likeness (QED) is 0.764. The molecule has 0 aliphatic heterocycles. The summed E-state index contributed by atoms with van der Waals surface area (Å²) in [7, 11) is 1.40. The normalized spacial score (nSPS) is 15.9. The number of aryl methyl sites for hydroxylation is 1. The van der Waals surface area contributed by atoms with Gasteiger partial charge in [-0.3, -0.25) is 10.1 Å². The van der Waals surface area contributed by atoms with E-state index in [1.165, 1.54) is 12.7 Å². The van der Waals surface area contributed by atoms with Crippen LogP contribution in [0.5, 0.6) is 5.75 Å². The number of carbonyl (C=O) groups excluding carboxylic acids is 1. The minimum atomic E-state index is -0.386. The van der Waals surface area contributed by atoms with Crippen molar-refractivity contribution in [1.82, 2.24) is 5.32 Å². The van der Waals surface area contributed by atoms with Gasteiger partial charge in [0.1, 0.15) is 18.4 Å². The average molecular weight is 263 g/mol. The lowest BCUT2D eigenvalue weighted by Gasteiger charge is -2.17. The van der Waals surface area contributed by atoms with E-state index in [0.717, 1.165) is 25.0 Å². The van der Waals surface area contributed by atoms with Crippen molar-refractivity contribution in [1.29, 1.82) is 0 Å². The lowest BCUT2D eigenvalue weighted by atomic mass is 10.2. The summed E-state index contributed by atoms with van der Waals surface area (Å²) in [5, 5.41) is 3.23. The number of ether oxygens (including phenoxy) is 2. The predicted octanol–water partition coefficient (Wildman–Crippen LogP) is 1.92. The molecule has 0 bridgehead atoms. The molecule has 4 heteroatoms. The van der Waals surface area contributed by atoms with Gasteiger partial charge in [-0.25, -0.2) is 0 Å². The molecule has 0 amide bonds. The summed E-state index contributed by atoms with van der Waals surface area (Å²) in [6.45, 7) is 2.41. The molecule has 1 aliphatic carbocycles. The van der Waals surface area contributed by atoms with Crippen molar-refractivity contribution >= 4 is 5.97 Å². The van der Waals surface area contributed by atoms with Gasteiger partial charge in [0.05, 0.1) is 7.11 Å². The summed E-state index contributed by atoms with van der Waals surface area (Å²) in [6, 6.07) is 8.00. The zero-order valence-corrected chi connectivity index (χ0v) is 11.5. The number of benzene rings is 1. The Hall–Kier alpha value is -1.55. The summed E-state index contributed by atoms with van der Waals surface area (Å²) in [6.07, 6.45) is 3.26. The maximum atomic E-state index is 11.6. The van der Waals surface area contributed by atoms with E-state index in [1.807, 2.05) is 24.3 Å². The van der Waals surface area contributed by atoms with Crippen LogP contribution in [-0.4, -0.2) is 31.8 Å². The minimum Gasteiger partial charge on any atom is -0.491 e. The van der Waals surface area contributed by atoms with Crippen molar-refractivity contribution in [3.8, 4) is 5.75 Å². The second kappa shape index (κ2) is 6.57. The largest absolute Gasteiger partial charge is 0.491 e. The first-order chi connectivity index (χ1) is 9.22. The van der Waals surface area contributed by atoms with Crippen LogP contribution in [-0.2, 0) is 16.0 Å². The third kappa shape index (κ3) is 4.24. The number of hydrogen-bond donors (Lipinski definition) is 1. The Kier molecular flexibility index (Phi) is 4.80. The number of nitrogens with one attached hydrogen (secondary N) is 1. The molecule has 0 saturated heterocycles. The van der Waals surface area contributed by atoms with Crippen LogP contribution in [0.4, 0.5) is 0 Å². The molecule has 1 aromatic carbocycles. The highest BCUT2D eigenvalue weighted by molar-refractivity contribution is 5.75. The van der Waals surface area contributed by atoms with Crippen LogP contribution >= 0.6 is 0 Å². The van der Waals surface area contributed by atoms with E-state index in [2.05, 4.69) is 12.2 Å². The van der Waals surface area contributed by atoms with Crippen LogP contribution in [0.1, 0.15) is 25.3 Å². The summed E-state index contributed by atoms with van der Waals surface area (Å²) in [5.74, 6) is 0.515. The number of methoxy groups -OCH3 is 1. The minimum absolute atomic E-state index is 0.267. The number of hydrogen-bond acceptors (Lipinski definition) is 4. The van der Waals surface area contributed by atoms with Gasteiger partial charge in [0.2, 0.25) is 0 Å². The van der Waals surface area contributed by atoms with Gasteiger partial charge in [-0.15, -0.1) is 0 Å². The molecule has 1 aliphatic rings. The lowest BCUT2D eigenvalue weighted by molar-refractivity contribution is -0.144. The molecule has 19 heavy (non-hydrogen) atoms. The van der Waals surface area contributed by atoms with Crippen molar-refractivity contribution in [3.63, 3.8) is 0 Å². The van der Waals surface area contributed by atoms with Crippen molar-refractivity contribution in [2.75, 3.05) is 13.7 Å². The fourth-order valence-corrected chi connectivity index (χ4v) is 1.86. The maximum absolute atomic E-state index is 11.6. The SMILES string of the molecule is CCc1ccc(OCC(NC2CC2)C(=O)OC)cc1. The van der Waals surface area contributed by atoms with Gasteiger partial charge in [0, 0.05) is 6.04 Å². The zero-order chi connectivity index (χ0) is 13.7. The van der Waals surface area contributed by atoms with E-state index >= 15 is 0 Å². The first-order valence-electron chi connectivity index (χ1n) is 6.78. The lowest BCUT2D eigenvalue weighted by Crippen LogP contribution is -2.43. The van der Waals surface area contributed by atoms with Gasteiger partial charge >= 0.3 is 5.97 Å². The third-order valence-electron chi connectivity index (χ3n) is 3.25. The molecule has 4 nitrogen and oxygen atoms in total. The van der Waals surface area contributed by atoms with Crippen LogP contribution in [0.15, 0.2) is 24.3 Å². The summed E-state index contributed by atoms with van der Waals surface area (Å²) < 4.78 is 10.4. The van der Waals surface area contributed by atoms with E-state index in [-0.39, 0.29) is 12.0 Å². The summed E-state index contributed by atoms with van der Waals surface area (Å²) >= 11 is 0. The molecule has 1 aromatic rings. The second-order valence-electron chi connectivity index (χ2n) is 4.83. The average Bonchev–Trinajstić information content (AvgIpc) is 3.27. The number of esters is 1. The molecule has 1 unspecified atom stereocenters. The zero-order valence-electron chi connectivity index (χ0n) is 11.5. The Labute approximate surface area is 114 Å². The van der Waals surface area contributed by atoms with Crippen molar-refractivity contribution in [2.24, 2.45) is 0 Å². The molecular weight excluding hydrogens is 242 g/mol. The molecule has 0 heterocycles. The van der Waals surface area contributed by atoms with Crippen LogP contribution in [0.2, 0.25) is 0 Å². The van der Waals surface area contributed by atoms with Gasteiger partial charge in [-0.05, 0) is 37.0 Å². The van der Waals surface area contributed by atoms with Crippen LogP contribution in [0, 0.1) is 0 Å². The first-order valence-corrected chi connectivity index (χ1v) is 6.78. The maximum Gasteiger partial charge on any atom is 0.326 e. The van der Waals surface area contributed by atoms with Crippen LogP contribution in [0.25, 0.3) is 0 Å². The monoisotopic (exact) mass is 263 g/mol. The predicted molar refractivity (Wildman–Crippen MR) is 73.3 cm³/mol. The molecule has 1 saturated carbocycles. The molecule has 1 fully saturated rings. The van der Waals surface area contributed by atoms with Gasteiger partial charge < -0.3 is 9.47 Å². The van der Waals surface area contributed by atoms with E-state index < -0.39 is 0 Å². The highest BCUT2D eigenvalue weighted by Gasteiger charge is 2.29. The molecule has 104 valence electrons. The second-order valence-corrected chi connectivity index (χ2v) is 4.83. The molecule has 0 aromatic heterocycles. The third-order valence-corrected chi connectivity index (χ3v) is 3.25. The van der Waals surface area contributed by atoms with Gasteiger partial charge in [0.25, 0.3) is 0 Å². The van der Waals surface area contributed by atoms with E-state index in [4.69, 9.17) is 9.47 Å². The van der Waals surface area contributed by atoms with Gasteiger partial charge in [-0.2, -0.15) is 0 Å². The first kappa shape index (κ1) is 13.9. The highest BCUT2D eigenvalue weighted by Crippen LogP contribution is 2.20. The fourth-order valence-electron chi connectivity index (χ4n) is 1.86. The van der Waals surface area contributed by atoms with Crippen molar-refractivity contribution < 1.29 is 14.3 Å². The molecule has 0 spiro atoms. The number of carbonyl (C=O) groups is 1. The van der Waals surface area contributed by atoms with Gasteiger partial charge in [0.15, 0.2) is 0 Å². The van der Waals surface area contributed by atoms with E-state index in [1.54, 1.807) is 0 Å². The molecule has 1 N–H and O–H groups in total. The van der Waals surface area contributed by atoms with Crippen LogP contribution in [0.3, 0.4) is 0 Å². The van der Waals surface area contributed by atoms with Crippen molar-refractivity contribution in [3.05, 3.63) is 29.8 Å².